The summed E-state index contributed by atoms with van der Waals surface area (Å²) in [5.41, 5.74) is 0.998. The number of aromatic nitrogens is 1. The summed E-state index contributed by atoms with van der Waals surface area (Å²) in [4.78, 5) is 28.3. The molecule has 0 aliphatic rings. The summed E-state index contributed by atoms with van der Waals surface area (Å²) in [6.45, 7) is 0.294. The first kappa shape index (κ1) is 21.6. The van der Waals surface area contributed by atoms with Crippen molar-refractivity contribution in [2.75, 3.05) is 0 Å². The second kappa shape index (κ2) is 9.67. The highest BCUT2D eigenvalue weighted by Gasteiger charge is 2.19. The lowest BCUT2D eigenvalue weighted by molar-refractivity contribution is -0.127. The van der Waals surface area contributed by atoms with E-state index in [0.29, 0.717) is 33.4 Å². The Morgan fingerprint density at radius 3 is 2.41 bits per heavy atom. The normalized spacial score (nSPS) is 10.4. The van der Waals surface area contributed by atoms with Crippen molar-refractivity contribution < 1.29 is 19.1 Å². The molecular formula is C25H15Cl2NO4. The molecule has 3 aromatic carbocycles. The molecule has 1 heterocycles. The lowest BCUT2D eigenvalue weighted by Gasteiger charge is -2.10. The first-order valence-corrected chi connectivity index (χ1v) is 10.3. The minimum Gasteiger partial charge on any atom is -0.489 e. The summed E-state index contributed by atoms with van der Waals surface area (Å²) >= 11 is 11.9. The maximum Gasteiger partial charge on any atom is 0.355 e. The van der Waals surface area contributed by atoms with E-state index in [9.17, 15) is 9.59 Å². The number of hydrogen-bond acceptors (Lipinski definition) is 5. The zero-order chi connectivity index (χ0) is 22.5. The van der Waals surface area contributed by atoms with Gasteiger partial charge >= 0.3 is 5.97 Å². The van der Waals surface area contributed by atoms with E-state index in [1.54, 1.807) is 54.6 Å². The molecule has 0 spiro atoms. The van der Waals surface area contributed by atoms with Crippen molar-refractivity contribution in [1.29, 1.82) is 0 Å². The Bertz CT molecular complexity index is 1340. The van der Waals surface area contributed by atoms with Crippen LogP contribution in [0.5, 0.6) is 11.5 Å². The Hall–Kier alpha value is -3.63. The predicted molar refractivity (Wildman–Crippen MR) is 124 cm³/mol. The number of benzene rings is 3. The van der Waals surface area contributed by atoms with Crippen molar-refractivity contribution in [3.05, 3.63) is 100 Å². The van der Waals surface area contributed by atoms with E-state index in [1.807, 2.05) is 24.3 Å². The van der Waals surface area contributed by atoms with Crippen LogP contribution in [0.2, 0.25) is 10.0 Å². The zero-order valence-electron chi connectivity index (χ0n) is 16.5. The number of nitrogens with zero attached hydrogens (tertiary/aromatic N) is 1. The number of halogens is 2. The summed E-state index contributed by atoms with van der Waals surface area (Å²) in [6.07, 6.45) is 3.10. The summed E-state index contributed by atoms with van der Waals surface area (Å²) in [6, 6.07) is 19.0. The van der Waals surface area contributed by atoms with Crippen LogP contribution in [0.1, 0.15) is 11.1 Å². The summed E-state index contributed by atoms with van der Waals surface area (Å²) in [5.74, 6) is 1.71. The van der Waals surface area contributed by atoms with E-state index in [1.165, 1.54) is 6.20 Å². The van der Waals surface area contributed by atoms with Crippen LogP contribution in [-0.4, -0.2) is 16.9 Å². The first-order chi connectivity index (χ1) is 15.5. The van der Waals surface area contributed by atoms with Gasteiger partial charge in [-0.15, -0.1) is 0 Å². The van der Waals surface area contributed by atoms with Gasteiger partial charge in [-0.1, -0.05) is 53.5 Å². The molecule has 1 aromatic heterocycles. The van der Waals surface area contributed by atoms with E-state index in [-0.39, 0.29) is 11.3 Å². The topological polar surface area (TPSA) is 65.5 Å². The van der Waals surface area contributed by atoms with Crippen molar-refractivity contribution in [3.8, 4) is 11.5 Å². The number of ether oxygens (including phenoxy) is 2. The van der Waals surface area contributed by atoms with Crippen molar-refractivity contribution >= 4 is 51.5 Å². The van der Waals surface area contributed by atoms with Crippen LogP contribution in [0.15, 0.2) is 79.1 Å². The Balaban J connectivity index is 1.45. The molecule has 7 heteroatoms. The molecule has 0 unspecified atom stereocenters. The molecule has 0 fully saturated rings. The molecule has 0 saturated carbocycles. The number of pyridine rings is 1. The van der Waals surface area contributed by atoms with Crippen molar-refractivity contribution in [1.82, 2.24) is 4.98 Å². The standard InChI is InChI=1S/C25H15Cl2NO4/c26-23-10-5-16(11-24(23)27)15-31-18-6-8-19(9-7-18)32-25(30)22(14-29)21-13-28-12-17-3-1-2-4-20(17)21/h1-13H,15H2. The fourth-order valence-corrected chi connectivity index (χ4v) is 3.40. The van der Waals surface area contributed by atoms with Crippen LogP contribution in [0.25, 0.3) is 16.3 Å². The summed E-state index contributed by atoms with van der Waals surface area (Å²) in [7, 11) is 0. The maximum atomic E-state index is 12.6. The molecular weight excluding hydrogens is 449 g/mol. The highest BCUT2D eigenvalue weighted by Crippen LogP contribution is 2.26. The summed E-state index contributed by atoms with van der Waals surface area (Å²) in [5, 5.41) is 2.44. The average Bonchev–Trinajstić information content (AvgIpc) is 2.81. The quantitative estimate of drug-likeness (QED) is 0.153. The van der Waals surface area contributed by atoms with Gasteiger partial charge in [-0.3, -0.25) is 4.98 Å². The Morgan fingerprint density at radius 1 is 0.906 bits per heavy atom. The highest BCUT2D eigenvalue weighted by atomic mass is 35.5. The maximum absolute atomic E-state index is 12.6. The Kier molecular flexibility index (Phi) is 6.52. The minimum absolute atomic E-state index is 0.228. The van der Waals surface area contributed by atoms with Crippen molar-refractivity contribution in [2.24, 2.45) is 0 Å². The third-order valence-electron chi connectivity index (χ3n) is 4.67. The Morgan fingerprint density at radius 2 is 1.66 bits per heavy atom. The molecule has 4 aromatic rings. The van der Waals surface area contributed by atoms with E-state index in [4.69, 9.17) is 32.7 Å². The van der Waals surface area contributed by atoms with Gasteiger partial charge in [0.05, 0.1) is 10.0 Å². The van der Waals surface area contributed by atoms with Crippen LogP contribution in [0.4, 0.5) is 0 Å². The van der Waals surface area contributed by atoms with Crippen LogP contribution in [-0.2, 0) is 16.2 Å². The fourth-order valence-electron chi connectivity index (χ4n) is 3.08. The fraction of sp³-hybridized carbons (Fsp3) is 0.0400. The molecule has 4 rings (SSSR count). The molecule has 0 radical (unpaired) electrons. The van der Waals surface area contributed by atoms with Gasteiger partial charge in [0, 0.05) is 23.3 Å². The smallest absolute Gasteiger partial charge is 0.355 e. The van der Waals surface area contributed by atoms with Gasteiger partial charge < -0.3 is 9.47 Å². The lowest BCUT2D eigenvalue weighted by Crippen LogP contribution is -2.11. The van der Waals surface area contributed by atoms with E-state index in [0.717, 1.165) is 10.9 Å². The minimum atomic E-state index is -0.817. The molecule has 0 aliphatic carbocycles. The van der Waals surface area contributed by atoms with E-state index >= 15 is 0 Å². The number of carbonyl (C=O) groups excluding carboxylic acids is 2. The monoisotopic (exact) mass is 463 g/mol. The van der Waals surface area contributed by atoms with Gasteiger partial charge in [-0.25, -0.2) is 9.59 Å². The molecule has 0 N–H and O–H groups in total. The third-order valence-corrected chi connectivity index (χ3v) is 5.41. The largest absolute Gasteiger partial charge is 0.489 e. The van der Waals surface area contributed by atoms with E-state index < -0.39 is 5.97 Å². The molecule has 0 bridgehead atoms. The number of hydrogen-bond donors (Lipinski definition) is 0. The molecule has 5 nitrogen and oxygen atoms in total. The van der Waals surface area contributed by atoms with Crippen LogP contribution in [0.3, 0.4) is 0 Å². The highest BCUT2D eigenvalue weighted by molar-refractivity contribution is 6.42. The number of carbonyl (C=O) groups is 1. The number of rotatable bonds is 6. The molecule has 0 atom stereocenters. The zero-order valence-corrected chi connectivity index (χ0v) is 18.1. The second-order valence-corrected chi connectivity index (χ2v) is 7.60. The van der Waals surface area contributed by atoms with Crippen LogP contribution in [0, 0.1) is 0 Å². The first-order valence-electron chi connectivity index (χ1n) is 9.52. The third kappa shape index (κ3) is 4.82. The number of fused-ring (bicyclic) bond motifs is 1. The molecule has 158 valence electrons. The average molecular weight is 464 g/mol. The van der Waals surface area contributed by atoms with Gasteiger partial charge in [0.1, 0.15) is 24.0 Å². The SMILES string of the molecule is O=C=C(C(=O)Oc1ccc(OCc2ccc(Cl)c(Cl)c2)cc1)c1cncc2ccccc12. The second-order valence-electron chi connectivity index (χ2n) is 6.78. The van der Waals surface area contributed by atoms with Gasteiger partial charge in [0.25, 0.3) is 0 Å². The lowest BCUT2D eigenvalue weighted by atomic mass is 10.0. The van der Waals surface area contributed by atoms with Crippen molar-refractivity contribution in [2.45, 2.75) is 6.61 Å². The van der Waals surface area contributed by atoms with Gasteiger partial charge in [-0.2, -0.15) is 0 Å². The van der Waals surface area contributed by atoms with Gasteiger partial charge in [0.15, 0.2) is 5.57 Å². The van der Waals surface area contributed by atoms with Crippen molar-refractivity contribution in [3.63, 3.8) is 0 Å². The molecule has 32 heavy (non-hydrogen) atoms. The van der Waals surface area contributed by atoms with Crippen LogP contribution < -0.4 is 9.47 Å². The molecule has 0 saturated heterocycles. The van der Waals surface area contributed by atoms with Crippen LogP contribution >= 0.6 is 23.2 Å². The Labute approximate surface area is 193 Å². The van der Waals surface area contributed by atoms with Gasteiger partial charge in [0.2, 0.25) is 0 Å². The number of esters is 1. The predicted octanol–water partition coefficient (Wildman–Crippen LogP) is 5.94. The molecule has 0 aliphatic heterocycles. The summed E-state index contributed by atoms with van der Waals surface area (Å²) < 4.78 is 11.1. The van der Waals surface area contributed by atoms with Gasteiger partial charge in [-0.05, 0) is 47.3 Å². The molecule has 0 amide bonds. The van der Waals surface area contributed by atoms with E-state index in [2.05, 4.69) is 4.98 Å².